The summed E-state index contributed by atoms with van der Waals surface area (Å²) in [5.41, 5.74) is 3.66. The Labute approximate surface area is 120 Å². The van der Waals surface area contributed by atoms with Crippen LogP contribution in [0.1, 0.15) is 0 Å². The number of nitrogens with one attached hydrogen (secondary N) is 1. The Morgan fingerprint density at radius 1 is 0.500 bits per heavy atom. The number of anilines is 1. The topological polar surface area (TPSA) is 12.0 Å². The van der Waals surface area contributed by atoms with E-state index in [1.807, 2.05) is 18.2 Å². The highest BCUT2D eigenvalue weighted by molar-refractivity contribution is 6.87. The summed E-state index contributed by atoms with van der Waals surface area (Å²) in [6.07, 6.45) is 0. The van der Waals surface area contributed by atoms with Crippen molar-refractivity contribution in [2.24, 2.45) is 0 Å². The Bertz CT molecular complexity index is 599. The molecule has 0 fully saturated rings. The summed E-state index contributed by atoms with van der Waals surface area (Å²) in [4.78, 5) is 0. The number of rotatable bonds is 4. The van der Waals surface area contributed by atoms with Gasteiger partial charge in [0, 0.05) is 5.69 Å². The molecule has 96 valence electrons. The van der Waals surface area contributed by atoms with Gasteiger partial charge in [-0.1, -0.05) is 89.8 Å². The van der Waals surface area contributed by atoms with Gasteiger partial charge in [-0.3, -0.25) is 0 Å². The van der Waals surface area contributed by atoms with Crippen LogP contribution in [-0.4, -0.2) is 6.85 Å². The first-order valence-electron chi connectivity index (χ1n) is 6.85. The molecule has 0 saturated carbocycles. The lowest BCUT2D eigenvalue weighted by atomic mass is 9.50. The molecule has 0 atom stereocenters. The van der Waals surface area contributed by atoms with Crippen LogP contribution in [0.5, 0.6) is 0 Å². The largest absolute Gasteiger partial charge is 0.420 e. The summed E-state index contributed by atoms with van der Waals surface area (Å²) in [6, 6.07) is 31.4. The zero-order chi connectivity index (χ0) is 13.6. The van der Waals surface area contributed by atoms with Crippen molar-refractivity contribution in [3.05, 3.63) is 91.0 Å². The Morgan fingerprint density at radius 3 is 1.35 bits per heavy atom. The Balaban J connectivity index is 1.96. The third-order valence-corrected chi connectivity index (χ3v) is 3.35. The fourth-order valence-electron chi connectivity index (χ4n) is 2.35. The molecule has 0 aliphatic rings. The third kappa shape index (κ3) is 2.91. The molecule has 20 heavy (non-hydrogen) atoms. The first kappa shape index (κ1) is 12.6. The number of hydrogen-bond acceptors (Lipinski definition) is 1. The summed E-state index contributed by atoms with van der Waals surface area (Å²) in [5, 5.41) is 3.61. The maximum Gasteiger partial charge on any atom is 0.320 e. The van der Waals surface area contributed by atoms with Crippen LogP contribution in [0.3, 0.4) is 0 Å². The van der Waals surface area contributed by atoms with Gasteiger partial charge in [0.1, 0.15) is 0 Å². The lowest BCUT2D eigenvalue weighted by Crippen LogP contribution is -2.49. The molecule has 3 rings (SSSR count). The third-order valence-electron chi connectivity index (χ3n) is 3.35. The second kappa shape index (κ2) is 6.11. The van der Waals surface area contributed by atoms with E-state index in [0.717, 1.165) is 5.69 Å². The molecule has 0 amide bonds. The lowest BCUT2D eigenvalue weighted by Gasteiger charge is -2.17. The quantitative estimate of drug-likeness (QED) is 0.708. The van der Waals surface area contributed by atoms with Gasteiger partial charge in [0.05, 0.1) is 0 Å². The van der Waals surface area contributed by atoms with E-state index in [-0.39, 0.29) is 6.85 Å². The van der Waals surface area contributed by atoms with Gasteiger partial charge in [0.2, 0.25) is 0 Å². The summed E-state index contributed by atoms with van der Waals surface area (Å²) in [5.74, 6) is 0. The molecule has 1 N–H and O–H groups in total. The molecule has 0 bridgehead atoms. The molecular weight excluding hydrogens is 241 g/mol. The molecule has 0 aromatic heterocycles. The summed E-state index contributed by atoms with van der Waals surface area (Å²) < 4.78 is 0. The van der Waals surface area contributed by atoms with Crippen LogP contribution in [-0.2, 0) is 0 Å². The number of benzene rings is 3. The monoisotopic (exact) mass is 257 g/mol. The number of hydrogen-bond donors (Lipinski definition) is 1. The second-order valence-electron chi connectivity index (χ2n) is 4.76. The molecular formula is C18H16BN. The van der Waals surface area contributed by atoms with E-state index in [1.54, 1.807) is 0 Å². The van der Waals surface area contributed by atoms with Crippen molar-refractivity contribution in [3.8, 4) is 0 Å². The van der Waals surface area contributed by atoms with Crippen LogP contribution < -0.4 is 16.2 Å². The van der Waals surface area contributed by atoms with Crippen LogP contribution in [0, 0.1) is 0 Å². The molecule has 2 heteroatoms. The van der Waals surface area contributed by atoms with E-state index >= 15 is 0 Å². The molecule has 0 heterocycles. The molecule has 0 radical (unpaired) electrons. The van der Waals surface area contributed by atoms with E-state index in [0.29, 0.717) is 0 Å². The second-order valence-corrected chi connectivity index (χ2v) is 4.76. The standard InChI is InChI=1S/C18H16BN/c1-4-10-16(11-5-1)19(17-12-6-2-7-13-17)20-18-14-8-3-9-15-18/h1-15,20H. The highest BCUT2D eigenvalue weighted by atomic mass is 14.8. The van der Waals surface area contributed by atoms with Crippen molar-refractivity contribution in [2.75, 3.05) is 5.23 Å². The van der Waals surface area contributed by atoms with Gasteiger partial charge in [-0.2, -0.15) is 0 Å². The van der Waals surface area contributed by atoms with Gasteiger partial charge in [0.15, 0.2) is 0 Å². The molecule has 0 spiro atoms. The van der Waals surface area contributed by atoms with Crippen LogP contribution in [0.15, 0.2) is 91.0 Å². The Hall–Kier alpha value is -2.48. The van der Waals surface area contributed by atoms with Crippen molar-refractivity contribution in [2.45, 2.75) is 0 Å². The fraction of sp³-hybridized carbons (Fsp3) is 0. The minimum Gasteiger partial charge on any atom is -0.420 e. The van der Waals surface area contributed by atoms with Crippen LogP contribution in [0.25, 0.3) is 0 Å². The zero-order valence-electron chi connectivity index (χ0n) is 11.2. The minimum atomic E-state index is 0.166. The molecule has 3 aromatic rings. The SMILES string of the molecule is c1ccc(NB(c2ccccc2)c2ccccc2)cc1. The lowest BCUT2D eigenvalue weighted by molar-refractivity contribution is 1.64. The van der Waals surface area contributed by atoms with E-state index in [1.165, 1.54) is 10.9 Å². The average molecular weight is 257 g/mol. The van der Waals surface area contributed by atoms with Crippen molar-refractivity contribution < 1.29 is 0 Å². The zero-order valence-corrected chi connectivity index (χ0v) is 11.2. The smallest absolute Gasteiger partial charge is 0.320 e. The predicted octanol–water partition coefficient (Wildman–Crippen LogP) is 2.90. The molecule has 0 aliphatic carbocycles. The molecule has 0 saturated heterocycles. The van der Waals surface area contributed by atoms with Crippen LogP contribution >= 0.6 is 0 Å². The maximum absolute atomic E-state index is 3.61. The van der Waals surface area contributed by atoms with Crippen molar-refractivity contribution in [3.63, 3.8) is 0 Å². The molecule has 0 unspecified atom stereocenters. The number of para-hydroxylation sites is 1. The van der Waals surface area contributed by atoms with Gasteiger partial charge in [-0.25, -0.2) is 0 Å². The molecule has 3 aromatic carbocycles. The fourth-order valence-corrected chi connectivity index (χ4v) is 2.35. The van der Waals surface area contributed by atoms with Crippen molar-refractivity contribution >= 4 is 23.5 Å². The average Bonchev–Trinajstić information content (AvgIpc) is 2.55. The highest BCUT2D eigenvalue weighted by Gasteiger charge is 2.19. The first-order chi connectivity index (χ1) is 9.93. The highest BCUT2D eigenvalue weighted by Crippen LogP contribution is 2.06. The van der Waals surface area contributed by atoms with Crippen molar-refractivity contribution in [1.82, 2.24) is 0 Å². The van der Waals surface area contributed by atoms with Gasteiger partial charge in [-0.15, -0.1) is 0 Å². The van der Waals surface area contributed by atoms with E-state index in [2.05, 4.69) is 78.0 Å². The van der Waals surface area contributed by atoms with Gasteiger partial charge >= 0.3 is 6.85 Å². The predicted molar refractivity (Wildman–Crippen MR) is 88.0 cm³/mol. The Kier molecular flexibility index (Phi) is 3.84. The van der Waals surface area contributed by atoms with Gasteiger partial charge < -0.3 is 5.23 Å². The van der Waals surface area contributed by atoms with Gasteiger partial charge in [0.25, 0.3) is 0 Å². The normalized spacial score (nSPS) is 10.0. The summed E-state index contributed by atoms with van der Waals surface area (Å²) in [7, 11) is 0. The van der Waals surface area contributed by atoms with Crippen molar-refractivity contribution in [1.29, 1.82) is 0 Å². The summed E-state index contributed by atoms with van der Waals surface area (Å²) >= 11 is 0. The maximum atomic E-state index is 3.61. The molecule has 1 nitrogen and oxygen atoms in total. The van der Waals surface area contributed by atoms with E-state index in [4.69, 9.17) is 0 Å². The Morgan fingerprint density at radius 2 is 0.900 bits per heavy atom. The van der Waals surface area contributed by atoms with E-state index < -0.39 is 0 Å². The van der Waals surface area contributed by atoms with Crippen LogP contribution in [0.4, 0.5) is 5.69 Å². The van der Waals surface area contributed by atoms with Gasteiger partial charge in [-0.05, 0) is 12.1 Å². The minimum absolute atomic E-state index is 0.166. The first-order valence-corrected chi connectivity index (χ1v) is 6.85. The summed E-state index contributed by atoms with van der Waals surface area (Å²) in [6.45, 7) is 0.166. The van der Waals surface area contributed by atoms with E-state index in [9.17, 15) is 0 Å². The molecule has 0 aliphatic heterocycles. The van der Waals surface area contributed by atoms with Crippen LogP contribution in [0.2, 0.25) is 0 Å².